The number of pyridine rings is 2. The summed E-state index contributed by atoms with van der Waals surface area (Å²) >= 11 is 0. The van der Waals surface area contributed by atoms with Gasteiger partial charge < -0.3 is 19.5 Å². The fourth-order valence-electron chi connectivity index (χ4n) is 4.43. The van der Waals surface area contributed by atoms with E-state index in [1.807, 2.05) is 37.1 Å². The van der Waals surface area contributed by atoms with E-state index in [0.29, 0.717) is 24.5 Å². The Morgan fingerprint density at radius 2 is 2.09 bits per heavy atom. The van der Waals surface area contributed by atoms with Gasteiger partial charge in [-0.25, -0.2) is 9.37 Å². The van der Waals surface area contributed by atoms with Gasteiger partial charge >= 0.3 is 0 Å². The number of fused-ring (bicyclic) bond motifs is 1. The molecule has 0 radical (unpaired) electrons. The van der Waals surface area contributed by atoms with Gasteiger partial charge in [-0.05, 0) is 49.6 Å². The fraction of sp³-hybridized carbons (Fsp3) is 0.375. The summed E-state index contributed by atoms with van der Waals surface area (Å²) in [5, 5.41) is 2.97. The predicted octanol–water partition coefficient (Wildman–Crippen LogP) is 4.05. The van der Waals surface area contributed by atoms with Gasteiger partial charge in [-0.15, -0.1) is 0 Å². The van der Waals surface area contributed by atoms with Crippen LogP contribution < -0.4 is 15.1 Å². The normalized spacial score (nSPS) is 18.0. The van der Waals surface area contributed by atoms with Gasteiger partial charge in [-0.1, -0.05) is 6.07 Å². The number of carbonyl (C=O) groups is 1. The quantitative estimate of drug-likeness (QED) is 0.667. The van der Waals surface area contributed by atoms with Gasteiger partial charge in [0.05, 0.1) is 18.5 Å². The largest absolute Gasteiger partial charge is 0.459 e. The number of nitrogens with one attached hydrogen (secondary N) is 1. The molecule has 32 heavy (non-hydrogen) atoms. The standard InChI is InChI=1S/C24H26FN5O2/c1-15-7-11-32-22(15)24(31)28-21-16(2)12-20(27-23(21)30-9-5-18(25)14-30)29-10-6-19-17(13-29)4-3-8-26-19/h3-4,7-8,11-12,18H,5-6,9-10,13-14H2,1-2H3,(H,28,31). The molecule has 166 valence electrons. The molecule has 1 saturated heterocycles. The van der Waals surface area contributed by atoms with E-state index in [-0.39, 0.29) is 18.2 Å². The summed E-state index contributed by atoms with van der Waals surface area (Å²) in [6, 6.07) is 7.78. The number of hydrogen-bond donors (Lipinski definition) is 1. The second-order valence-electron chi connectivity index (χ2n) is 8.50. The number of aryl methyl sites for hydroxylation is 2. The Kier molecular flexibility index (Phi) is 5.28. The van der Waals surface area contributed by atoms with Crippen molar-refractivity contribution in [2.45, 2.75) is 39.4 Å². The molecule has 1 unspecified atom stereocenters. The summed E-state index contributed by atoms with van der Waals surface area (Å²) in [7, 11) is 0. The molecule has 5 heterocycles. The molecule has 0 saturated carbocycles. The van der Waals surface area contributed by atoms with E-state index in [2.05, 4.69) is 21.3 Å². The maximum absolute atomic E-state index is 14.1. The van der Waals surface area contributed by atoms with Gasteiger partial charge in [0.25, 0.3) is 5.91 Å². The lowest BCUT2D eigenvalue weighted by Gasteiger charge is -2.31. The number of alkyl halides is 1. The van der Waals surface area contributed by atoms with E-state index in [9.17, 15) is 9.18 Å². The van der Waals surface area contributed by atoms with E-state index in [0.717, 1.165) is 42.1 Å². The van der Waals surface area contributed by atoms with Crippen LogP contribution in [0.2, 0.25) is 0 Å². The Hall–Kier alpha value is -3.42. The van der Waals surface area contributed by atoms with Crippen molar-refractivity contribution in [2.24, 2.45) is 0 Å². The molecule has 0 aromatic carbocycles. The molecule has 1 fully saturated rings. The summed E-state index contributed by atoms with van der Waals surface area (Å²) < 4.78 is 19.4. The zero-order valence-corrected chi connectivity index (χ0v) is 18.3. The van der Waals surface area contributed by atoms with Crippen molar-refractivity contribution in [3.05, 3.63) is 64.9 Å². The molecule has 2 aliphatic heterocycles. The third kappa shape index (κ3) is 3.81. The minimum atomic E-state index is -0.899. The van der Waals surface area contributed by atoms with Crippen molar-refractivity contribution >= 4 is 23.2 Å². The second-order valence-corrected chi connectivity index (χ2v) is 8.50. The fourth-order valence-corrected chi connectivity index (χ4v) is 4.43. The summed E-state index contributed by atoms with van der Waals surface area (Å²) in [5.74, 6) is 1.36. The van der Waals surface area contributed by atoms with Crippen molar-refractivity contribution in [3.63, 3.8) is 0 Å². The Morgan fingerprint density at radius 3 is 2.84 bits per heavy atom. The number of anilines is 3. The topological polar surface area (TPSA) is 74.5 Å². The van der Waals surface area contributed by atoms with E-state index in [4.69, 9.17) is 9.40 Å². The molecule has 3 aromatic rings. The highest BCUT2D eigenvalue weighted by Gasteiger charge is 2.29. The minimum absolute atomic E-state index is 0.268. The van der Waals surface area contributed by atoms with Crippen molar-refractivity contribution in [1.29, 1.82) is 0 Å². The molecule has 8 heteroatoms. The van der Waals surface area contributed by atoms with E-state index in [1.165, 1.54) is 11.8 Å². The molecule has 1 atom stereocenters. The molecule has 0 spiro atoms. The van der Waals surface area contributed by atoms with Crippen LogP contribution in [0.3, 0.4) is 0 Å². The van der Waals surface area contributed by atoms with Crippen LogP contribution >= 0.6 is 0 Å². The number of hydrogen-bond acceptors (Lipinski definition) is 6. The van der Waals surface area contributed by atoms with Crippen LogP contribution in [-0.2, 0) is 13.0 Å². The SMILES string of the molecule is Cc1ccoc1C(=O)Nc1c(C)cc(N2CCc3ncccc3C2)nc1N1CCC(F)C1. The highest BCUT2D eigenvalue weighted by Crippen LogP contribution is 2.35. The summed E-state index contributed by atoms with van der Waals surface area (Å²) in [6.07, 6.45) is 3.73. The molecule has 7 nitrogen and oxygen atoms in total. The third-order valence-electron chi connectivity index (χ3n) is 6.21. The van der Waals surface area contributed by atoms with Crippen LogP contribution in [0.5, 0.6) is 0 Å². The van der Waals surface area contributed by atoms with Gasteiger partial charge in [0.2, 0.25) is 0 Å². The van der Waals surface area contributed by atoms with E-state index >= 15 is 0 Å². The van der Waals surface area contributed by atoms with Crippen LogP contribution in [0.1, 0.15) is 39.4 Å². The highest BCUT2D eigenvalue weighted by atomic mass is 19.1. The van der Waals surface area contributed by atoms with Crippen molar-refractivity contribution in [1.82, 2.24) is 9.97 Å². The number of amides is 1. The number of carbonyl (C=O) groups excluding carboxylic acids is 1. The Morgan fingerprint density at radius 1 is 1.22 bits per heavy atom. The zero-order valence-electron chi connectivity index (χ0n) is 18.3. The Bertz CT molecular complexity index is 1160. The number of aromatic nitrogens is 2. The smallest absolute Gasteiger partial charge is 0.291 e. The first-order valence-corrected chi connectivity index (χ1v) is 10.9. The van der Waals surface area contributed by atoms with E-state index in [1.54, 1.807) is 6.07 Å². The number of furan rings is 1. The number of nitrogens with zero attached hydrogens (tertiary/aromatic N) is 4. The molecular weight excluding hydrogens is 409 g/mol. The lowest BCUT2D eigenvalue weighted by Crippen LogP contribution is -2.32. The Balaban J connectivity index is 1.50. The summed E-state index contributed by atoms with van der Waals surface area (Å²) in [6.45, 7) is 6.13. The maximum Gasteiger partial charge on any atom is 0.291 e. The predicted molar refractivity (Wildman–Crippen MR) is 121 cm³/mol. The first-order valence-electron chi connectivity index (χ1n) is 10.9. The zero-order chi connectivity index (χ0) is 22.2. The second kappa shape index (κ2) is 8.26. The van der Waals surface area contributed by atoms with E-state index < -0.39 is 6.17 Å². The number of halogens is 1. The third-order valence-corrected chi connectivity index (χ3v) is 6.21. The first kappa shape index (κ1) is 20.5. The molecule has 3 aromatic heterocycles. The molecule has 0 bridgehead atoms. The van der Waals surface area contributed by atoms with Crippen molar-refractivity contribution in [2.75, 3.05) is 34.8 Å². The van der Waals surface area contributed by atoms with Crippen molar-refractivity contribution in [3.8, 4) is 0 Å². The molecule has 2 aliphatic rings. The molecular formula is C24H26FN5O2. The van der Waals surface area contributed by atoms with Gasteiger partial charge in [0.1, 0.15) is 12.0 Å². The average Bonchev–Trinajstić information content (AvgIpc) is 3.42. The van der Waals surface area contributed by atoms with Gasteiger partial charge in [0.15, 0.2) is 11.6 Å². The summed E-state index contributed by atoms with van der Waals surface area (Å²) in [4.78, 5) is 26.4. The average molecular weight is 436 g/mol. The van der Waals surface area contributed by atoms with Crippen LogP contribution in [0.25, 0.3) is 0 Å². The van der Waals surface area contributed by atoms with Gasteiger partial charge in [-0.2, -0.15) is 0 Å². The Labute approximate surface area is 186 Å². The van der Waals surface area contributed by atoms with Crippen LogP contribution in [-0.4, -0.2) is 41.7 Å². The van der Waals surface area contributed by atoms with Crippen LogP contribution in [0, 0.1) is 13.8 Å². The monoisotopic (exact) mass is 435 g/mol. The van der Waals surface area contributed by atoms with Crippen LogP contribution in [0.4, 0.5) is 21.7 Å². The first-order chi connectivity index (χ1) is 15.5. The molecule has 5 rings (SSSR count). The van der Waals surface area contributed by atoms with Crippen LogP contribution in [0.15, 0.2) is 41.1 Å². The van der Waals surface area contributed by atoms with Gasteiger partial charge in [-0.3, -0.25) is 9.78 Å². The van der Waals surface area contributed by atoms with Crippen molar-refractivity contribution < 1.29 is 13.6 Å². The summed E-state index contributed by atoms with van der Waals surface area (Å²) in [5.41, 5.74) is 4.55. The lowest BCUT2D eigenvalue weighted by atomic mass is 10.1. The highest BCUT2D eigenvalue weighted by molar-refractivity contribution is 6.05. The lowest BCUT2D eigenvalue weighted by molar-refractivity contribution is 0.0995. The molecule has 1 amide bonds. The minimum Gasteiger partial charge on any atom is -0.459 e. The maximum atomic E-state index is 14.1. The molecule has 1 N–H and O–H groups in total. The molecule has 0 aliphatic carbocycles. The van der Waals surface area contributed by atoms with Gasteiger partial charge in [0, 0.05) is 43.5 Å². The number of rotatable bonds is 4.